The smallest absolute Gasteiger partial charge is 0.416 e. The molecule has 0 aliphatic carbocycles. The van der Waals surface area contributed by atoms with Gasteiger partial charge in [0.1, 0.15) is 11.7 Å². The summed E-state index contributed by atoms with van der Waals surface area (Å²) in [5, 5.41) is 0. The van der Waals surface area contributed by atoms with Gasteiger partial charge in [0.15, 0.2) is 0 Å². The molecule has 0 aromatic heterocycles. The van der Waals surface area contributed by atoms with Crippen LogP contribution in [-0.4, -0.2) is 36.3 Å². The normalized spacial score (nSPS) is 19.6. The van der Waals surface area contributed by atoms with Crippen LogP contribution in [0, 0.1) is 0 Å². The topological polar surface area (TPSA) is 38.8 Å². The largest absolute Gasteiger partial charge is 0.444 e. The van der Waals surface area contributed by atoms with E-state index in [9.17, 15) is 18.0 Å². The minimum atomic E-state index is -4.41. The first-order chi connectivity index (χ1) is 10.6. The summed E-state index contributed by atoms with van der Waals surface area (Å²) in [5.41, 5.74) is -0.956. The molecule has 1 aromatic carbocycles. The van der Waals surface area contributed by atoms with E-state index in [4.69, 9.17) is 9.47 Å². The van der Waals surface area contributed by atoms with Crippen LogP contribution in [0.1, 0.15) is 38.0 Å². The molecule has 0 N–H and O–H groups in total. The Kier molecular flexibility index (Phi) is 4.89. The van der Waals surface area contributed by atoms with Crippen molar-refractivity contribution in [1.29, 1.82) is 0 Å². The van der Waals surface area contributed by atoms with Crippen molar-refractivity contribution >= 4 is 6.09 Å². The van der Waals surface area contributed by atoms with Crippen LogP contribution in [0.15, 0.2) is 24.3 Å². The first kappa shape index (κ1) is 17.6. The molecule has 128 valence electrons. The zero-order chi connectivity index (χ0) is 17.3. The van der Waals surface area contributed by atoms with Crippen LogP contribution in [-0.2, 0) is 15.7 Å². The number of nitrogens with zero attached hydrogens (tertiary/aromatic N) is 1. The van der Waals surface area contributed by atoms with Gasteiger partial charge < -0.3 is 14.4 Å². The molecule has 23 heavy (non-hydrogen) atoms. The molecule has 1 atom stereocenters. The summed E-state index contributed by atoms with van der Waals surface area (Å²) in [6.07, 6.45) is -5.49. The maximum Gasteiger partial charge on any atom is 0.416 e. The van der Waals surface area contributed by atoms with E-state index in [1.807, 2.05) is 0 Å². The molecule has 1 aliphatic heterocycles. The average molecular weight is 331 g/mol. The zero-order valence-corrected chi connectivity index (χ0v) is 13.3. The highest BCUT2D eigenvalue weighted by atomic mass is 19.4. The fourth-order valence-corrected chi connectivity index (χ4v) is 2.26. The molecule has 1 amide bonds. The quantitative estimate of drug-likeness (QED) is 0.780. The van der Waals surface area contributed by atoms with Crippen molar-refractivity contribution in [3.05, 3.63) is 35.4 Å². The van der Waals surface area contributed by atoms with Crippen LogP contribution in [0.3, 0.4) is 0 Å². The number of carbonyl (C=O) groups is 1. The molecule has 1 aromatic rings. The highest BCUT2D eigenvalue weighted by Crippen LogP contribution is 2.32. The summed E-state index contributed by atoms with van der Waals surface area (Å²) in [4.78, 5) is 13.5. The van der Waals surface area contributed by atoms with E-state index >= 15 is 0 Å². The predicted octanol–water partition coefficient (Wildman–Crippen LogP) is 4.01. The fourth-order valence-electron chi connectivity index (χ4n) is 2.26. The van der Waals surface area contributed by atoms with Gasteiger partial charge in [-0.1, -0.05) is 12.1 Å². The van der Waals surface area contributed by atoms with Crippen molar-refractivity contribution in [1.82, 2.24) is 4.90 Å². The summed E-state index contributed by atoms with van der Waals surface area (Å²) in [6.45, 7) is 6.04. The van der Waals surface area contributed by atoms with Gasteiger partial charge in [0.2, 0.25) is 0 Å². The van der Waals surface area contributed by atoms with Gasteiger partial charge in [0.25, 0.3) is 0 Å². The second-order valence-electron chi connectivity index (χ2n) is 6.41. The number of alkyl halides is 3. The number of hydrogen-bond donors (Lipinski definition) is 0. The highest BCUT2D eigenvalue weighted by Gasteiger charge is 2.33. The number of amides is 1. The van der Waals surface area contributed by atoms with Gasteiger partial charge in [-0.2, -0.15) is 13.2 Å². The third-order valence-corrected chi connectivity index (χ3v) is 3.30. The SMILES string of the molecule is CC(C)(C)OC(=O)N1CCO[C@H](c2cccc(C(F)(F)F)c2)C1. The van der Waals surface area contributed by atoms with Crippen LogP contribution in [0.4, 0.5) is 18.0 Å². The predicted molar refractivity (Wildman–Crippen MR) is 77.9 cm³/mol. The van der Waals surface area contributed by atoms with Gasteiger partial charge in [-0.05, 0) is 38.5 Å². The van der Waals surface area contributed by atoms with Crippen molar-refractivity contribution in [2.45, 2.75) is 38.7 Å². The van der Waals surface area contributed by atoms with E-state index in [0.717, 1.165) is 12.1 Å². The lowest BCUT2D eigenvalue weighted by atomic mass is 10.0. The Morgan fingerprint density at radius 1 is 1.30 bits per heavy atom. The molecule has 0 saturated carbocycles. The van der Waals surface area contributed by atoms with Gasteiger partial charge in [-0.15, -0.1) is 0 Å². The molecular weight excluding hydrogens is 311 g/mol. The summed E-state index contributed by atoms with van der Waals surface area (Å²) in [6, 6.07) is 4.98. The first-order valence-electron chi connectivity index (χ1n) is 7.33. The Morgan fingerprint density at radius 2 is 2.00 bits per heavy atom. The molecule has 0 bridgehead atoms. The zero-order valence-electron chi connectivity index (χ0n) is 13.3. The van der Waals surface area contributed by atoms with E-state index in [2.05, 4.69) is 0 Å². The van der Waals surface area contributed by atoms with E-state index in [0.29, 0.717) is 12.1 Å². The first-order valence-corrected chi connectivity index (χ1v) is 7.33. The van der Waals surface area contributed by atoms with Crippen molar-refractivity contribution < 1.29 is 27.4 Å². The molecule has 1 aliphatic rings. The molecule has 2 rings (SSSR count). The maximum atomic E-state index is 12.8. The molecule has 0 radical (unpaired) electrons. The molecular formula is C16H20F3NO3. The fraction of sp³-hybridized carbons (Fsp3) is 0.562. The lowest BCUT2D eigenvalue weighted by Crippen LogP contribution is -2.44. The van der Waals surface area contributed by atoms with Crippen LogP contribution in [0.5, 0.6) is 0 Å². The number of morpholine rings is 1. The van der Waals surface area contributed by atoms with Gasteiger partial charge in [-0.3, -0.25) is 0 Å². The third-order valence-electron chi connectivity index (χ3n) is 3.30. The number of carbonyl (C=O) groups excluding carboxylic acids is 1. The molecule has 7 heteroatoms. The van der Waals surface area contributed by atoms with E-state index < -0.39 is 29.5 Å². The lowest BCUT2D eigenvalue weighted by molar-refractivity contribution is -0.137. The Labute approximate surface area is 133 Å². The standard InChI is InChI=1S/C16H20F3NO3/c1-15(2,3)23-14(21)20-7-8-22-13(10-20)11-5-4-6-12(9-11)16(17,18)19/h4-6,9,13H,7-8,10H2,1-3H3/t13-/m0/s1. The minimum absolute atomic E-state index is 0.163. The number of halogens is 3. The molecule has 0 unspecified atom stereocenters. The minimum Gasteiger partial charge on any atom is -0.444 e. The van der Waals surface area contributed by atoms with Gasteiger partial charge in [0, 0.05) is 6.54 Å². The van der Waals surface area contributed by atoms with Crippen molar-refractivity contribution in [2.24, 2.45) is 0 Å². The van der Waals surface area contributed by atoms with Gasteiger partial charge in [-0.25, -0.2) is 4.79 Å². The second kappa shape index (κ2) is 6.39. The number of ether oxygens (including phenoxy) is 2. The molecule has 1 saturated heterocycles. The summed E-state index contributed by atoms with van der Waals surface area (Å²) >= 11 is 0. The van der Waals surface area contributed by atoms with E-state index in [1.54, 1.807) is 26.8 Å². The highest BCUT2D eigenvalue weighted by molar-refractivity contribution is 5.68. The second-order valence-corrected chi connectivity index (χ2v) is 6.41. The summed E-state index contributed by atoms with van der Waals surface area (Å²) in [7, 11) is 0. The molecule has 1 fully saturated rings. The van der Waals surface area contributed by atoms with Crippen molar-refractivity contribution in [2.75, 3.05) is 19.7 Å². The molecule has 0 spiro atoms. The van der Waals surface area contributed by atoms with Gasteiger partial charge in [0.05, 0.1) is 18.7 Å². The van der Waals surface area contributed by atoms with Crippen LogP contribution in [0.2, 0.25) is 0 Å². The van der Waals surface area contributed by atoms with Crippen LogP contribution in [0.25, 0.3) is 0 Å². The van der Waals surface area contributed by atoms with Crippen molar-refractivity contribution in [3.63, 3.8) is 0 Å². The van der Waals surface area contributed by atoms with Crippen molar-refractivity contribution in [3.8, 4) is 0 Å². The van der Waals surface area contributed by atoms with Gasteiger partial charge >= 0.3 is 12.3 Å². The third kappa shape index (κ3) is 4.86. The van der Waals surface area contributed by atoms with E-state index in [1.165, 1.54) is 11.0 Å². The van der Waals surface area contributed by atoms with E-state index in [-0.39, 0.29) is 13.2 Å². The summed E-state index contributed by atoms with van der Waals surface area (Å²) in [5.74, 6) is 0. The molecule has 1 heterocycles. The Balaban J connectivity index is 2.11. The average Bonchev–Trinajstić information content (AvgIpc) is 2.45. The monoisotopic (exact) mass is 331 g/mol. The summed E-state index contributed by atoms with van der Waals surface area (Å²) < 4.78 is 49.2. The Morgan fingerprint density at radius 3 is 2.61 bits per heavy atom. The van der Waals surface area contributed by atoms with Crippen LogP contribution >= 0.6 is 0 Å². The maximum absolute atomic E-state index is 12.8. The molecule has 4 nitrogen and oxygen atoms in total. The Hall–Kier alpha value is -1.76. The number of rotatable bonds is 1. The number of benzene rings is 1. The lowest BCUT2D eigenvalue weighted by Gasteiger charge is -2.34. The van der Waals surface area contributed by atoms with Crippen LogP contribution < -0.4 is 0 Å². The Bertz CT molecular complexity index is 566. The number of hydrogen-bond acceptors (Lipinski definition) is 3.